The first-order valence-electron chi connectivity index (χ1n) is 8.98. The first-order valence-corrected chi connectivity index (χ1v) is 8.98. The average Bonchev–Trinajstić information content (AvgIpc) is 2.88. The van der Waals surface area contributed by atoms with Gasteiger partial charge in [-0.25, -0.2) is 4.79 Å². The maximum atomic E-state index is 11.7. The van der Waals surface area contributed by atoms with Crippen LogP contribution in [0, 0.1) is 22.7 Å². The minimum absolute atomic E-state index is 0.182. The van der Waals surface area contributed by atoms with Gasteiger partial charge in [0.1, 0.15) is 6.61 Å². The quantitative estimate of drug-likeness (QED) is 0.631. The minimum atomic E-state index is -0.729. The lowest BCUT2D eigenvalue weighted by atomic mass is 9.47. The van der Waals surface area contributed by atoms with E-state index in [4.69, 9.17) is 4.74 Å². The molecule has 0 spiro atoms. The molecule has 0 aromatic carbocycles. The molecule has 3 aliphatic rings. The molecule has 3 rings (SSSR count). The fourth-order valence-corrected chi connectivity index (χ4v) is 5.71. The van der Waals surface area contributed by atoms with E-state index in [2.05, 4.69) is 27.4 Å². The predicted octanol–water partition coefficient (Wildman–Crippen LogP) is 4.02. The number of esters is 1. The predicted molar refractivity (Wildman–Crippen MR) is 90.8 cm³/mol. The molecule has 2 fully saturated rings. The van der Waals surface area contributed by atoms with E-state index >= 15 is 0 Å². The van der Waals surface area contributed by atoms with Crippen LogP contribution in [0.5, 0.6) is 0 Å². The Hall–Kier alpha value is -1.09. The van der Waals surface area contributed by atoms with Gasteiger partial charge in [-0.3, -0.25) is 0 Å². The summed E-state index contributed by atoms with van der Waals surface area (Å²) in [5.41, 5.74) is 2.23. The molecule has 2 aliphatic carbocycles. The molecular weight excluding hydrogens is 288 g/mol. The van der Waals surface area contributed by atoms with Crippen LogP contribution in [0.25, 0.3) is 0 Å². The summed E-state index contributed by atoms with van der Waals surface area (Å²) in [6.07, 6.45) is 7.57. The molecule has 23 heavy (non-hydrogen) atoms. The summed E-state index contributed by atoms with van der Waals surface area (Å²) in [5, 5.41) is 10.6. The summed E-state index contributed by atoms with van der Waals surface area (Å²) in [6, 6.07) is 0. The zero-order chi connectivity index (χ0) is 16.8. The molecule has 0 radical (unpaired) electrons. The van der Waals surface area contributed by atoms with Crippen LogP contribution in [0.4, 0.5) is 0 Å². The second-order valence-electron chi connectivity index (χ2n) is 8.66. The number of hydrogen-bond acceptors (Lipinski definition) is 3. The van der Waals surface area contributed by atoms with Crippen molar-refractivity contribution in [3.8, 4) is 0 Å². The summed E-state index contributed by atoms with van der Waals surface area (Å²) >= 11 is 0. The van der Waals surface area contributed by atoms with E-state index in [0.29, 0.717) is 29.9 Å². The molecular formula is C20H30O3. The Morgan fingerprint density at radius 3 is 2.78 bits per heavy atom. The zero-order valence-corrected chi connectivity index (χ0v) is 14.7. The number of aliphatic hydroxyl groups excluding tert-OH is 1. The summed E-state index contributed by atoms with van der Waals surface area (Å²) < 4.78 is 4.95. The summed E-state index contributed by atoms with van der Waals surface area (Å²) in [7, 11) is 0. The number of aliphatic hydroxyl groups is 1. The molecule has 4 atom stereocenters. The molecule has 0 aromatic rings. The fraction of sp³-hybridized carbons (Fsp3) is 0.750. The fourth-order valence-electron chi connectivity index (χ4n) is 5.71. The Morgan fingerprint density at radius 1 is 1.39 bits per heavy atom. The van der Waals surface area contributed by atoms with Crippen molar-refractivity contribution in [2.75, 3.05) is 6.61 Å². The lowest BCUT2D eigenvalue weighted by Gasteiger charge is -2.58. The topological polar surface area (TPSA) is 46.5 Å². The molecule has 0 aromatic heterocycles. The van der Waals surface area contributed by atoms with Crippen molar-refractivity contribution in [2.24, 2.45) is 22.7 Å². The van der Waals surface area contributed by atoms with Crippen molar-refractivity contribution in [3.05, 3.63) is 23.8 Å². The lowest BCUT2D eigenvalue weighted by Crippen LogP contribution is -2.50. The van der Waals surface area contributed by atoms with Gasteiger partial charge in [-0.05, 0) is 60.8 Å². The molecule has 0 saturated heterocycles. The Balaban J connectivity index is 1.84. The normalized spacial score (nSPS) is 37.8. The van der Waals surface area contributed by atoms with Gasteiger partial charge in [-0.2, -0.15) is 0 Å². The number of fused-ring (bicyclic) bond motifs is 1. The van der Waals surface area contributed by atoms with Crippen LogP contribution in [-0.2, 0) is 9.53 Å². The Bertz CT molecular complexity index is 545. The molecule has 2 saturated carbocycles. The van der Waals surface area contributed by atoms with E-state index in [-0.39, 0.29) is 17.3 Å². The Labute approximate surface area is 139 Å². The monoisotopic (exact) mass is 318 g/mol. The highest BCUT2D eigenvalue weighted by molar-refractivity contribution is 5.91. The molecule has 0 bridgehead atoms. The van der Waals surface area contributed by atoms with Gasteiger partial charge in [0.15, 0.2) is 0 Å². The molecule has 1 unspecified atom stereocenters. The number of ether oxygens (including phenoxy) is 1. The van der Waals surface area contributed by atoms with Crippen molar-refractivity contribution in [2.45, 2.75) is 65.4 Å². The molecule has 3 heteroatoms. The summed E-state index contributed by atoms with van der Waals surface area (Å²) in [4.78, 5) is 11.7. The second-order valence-corrected chi connectivity index (χ2v) is 8.66. The van der Waals surface area contributed by atoms with Gasteiger partial charge in [0.2, 0.25) is 0 Å². The molecule has 1 N–H and O–H groups in total. The Kier molecular flexibility index (Phi) is 4.20. The van der Waals surface area contributed by atoms with E-state index < -0.39 is 6.10 Å². The van der Waals surface area contributed by atoms with Gasteiger partial charge >= 0.3 is 5.97 Å². The maximum absolute atomic E-state index is 11.7. The van der Waals surface area contributed by atoms with Gasteiger partial charge in [0.25, 0.3) is 0 Å². The third kappa shape index (κ3) is 2.77. The lowest BCUT2D eigenvalue weighted by molar-refractivity contribution is -0.137. The highest BCUT2D eigenvalue weighted by atomic mass is 16.5. The van der Waals surface area contributed by atoms with Gasteiger partial charge < -0.3 is 9.84 Å². The largest absolute Gasteiger partial charge is 0.458 e. The van der Waals surface area contributed by atoms with Crippen LogP contribution in [0.1, 0.15) is 59.3 Å². The third-order valence-corrected chi connectivity index (χ3v) is 6.89. The van der Waals surface area contributed by atoms with E-state index in [1.807, 2.05) is 0 Å². The number of allylic oxidation sites excluding steroid dienone is 1. The van der Waals surface area contributed by atoms with E-state index in [1.165, 1.54) is 31.3 Å². The average molecular weight is 318 g/mol. The summed E-state index contributed by atoms with van der Waals surface area (Å²) in [6.45, 7) is 11.8. The number of rotatable bonds is 3. The zero-order valence-electron chi connectivity index (χ0n) is 14.7. The van der Waals surface area contributed by atoms with Gasteiger partial charge in [0, 0.05) is 0 Å². The summed E-state index contributed by atoms with van der Waals surface area (Å²) in [5.74, 6) is 0.589. The van der Waals surface area contributed by atoms with Crippen molar-refractivity contribution in [1.29, 1.82) is 0 Å². The molecule has 1 heterocycles. The van der Waals surface area contributed by atoms with Gasteiger partial charge in [-0.1, -0.05) is 39.3 Å². The molecule has 1 aliphatic heterocycles. The van der Waals surface area contributed by atoms with Crippen molar-refractivity contribution in [1.82, 2.24) is 0 Å². The van der Waals surface area contributed by atoms with E-state index in [9.17, 15) is 9.90 Å². The SMILES string of the molecule is C=C1CC[C@H]2C(C)(C)CCC[C@]2(C)[C@H]1CC(O)C1=CCOC1=O. The Morgan fingerprint density at radius 2 is 2.13 bits per heavy atom. The van der Waals surface area contributed by atoms with Crippen LogP contribution >= 0.6 is 0 Å². The number of carbonyl (C=O) groups is 1. The van der Waals surface area contributed by atoms with Crippen molar-refractivity contribution < 1.29 is 14.6 Å². The first-order chi connectivity index (χ1) is 10.8. The molecule has 3 nitrogen and oxygen atoms in total. The van der Waals surface area contributed by atoms with Crippen LogP contribution in [0.15, 0.2) is 23.8 Å². The standard InChI is InChI=1S/C20H30O3/c1-13-6-7-17-19(2,3)9-5-10-20(17,4)15(13)12-16(21)14-8-11-23-18(14)22/h8,15-17,21H,1,5-7,9-12H2,2-4H3/t15-,16?,17-,20+/m0/s1. The van der Waals surface area contributed by atoms with Crippen LogP contribution < -0.4 is 0 Å². The number of cyclic esters (lactones) is 1. The van der Waals surface area contributed by atoms with Crippen molar-refractivity contribution >= 4 is 5.97 Å². The number of carbonyl (C=O) groups excluding carboxylic acids is 1. The van der Waals surface area contributed by atoms with Crippen LogP contribution in [0.3, 0.4) is 0 Å². The molecule has 0 amide bonds. The van der Waals surface area contributed by atoms with Crippen LogP contribution in [-0.4, -0.2) is 23.8 Å². The van der Waals surface area contributed by atoms with Gasteiger partial charge in [-0.15, -0.1) is 0 Å². The number of hydrogen-bond donors (Lipinski definition) is 1. The first kappa shape index (κ1) is 16.8. The van der Waals surface area contributed by atoms with Crippen LogP contribution in [0.2, 0.25) is 0 Å². The smallest absolute Gasteiger partial charge is 0.336 e. The van der Waals surface area contributed by atoms with E-state index in [1.54, 1.807) is 6.08 Å². The maximum Gasteiger partial charge on any atom is 0.336 e. The van der Waals surface area contributed by atoms with Gasteiger partial charge in [0.05, 0.1) is 11.7 Å². The highest BCUT2D eigenvalue weighted by Crippen LogP contribution is 2.61. The second kappa shape index (κ2) is 5.77. The third-order valence-electron chi connectivity index (χ3n) is 6.89. The molecule has 128 valence electrons. The van der Waals surface area contributed by atoms with E-state index in [0.717, 1.165) is 6.42 Å². The van der Waals surface area contributed by atoms with Crippen molar-refractivity contribution in [3.63, 3.8) is 0 Å². The minimum Gasteiger partial charge on any atom is -0.458 e. The highest BCUT2D eigenvalue weighted by Gasteiger charge is 2.53.